The average Bonchev–Trinajstić information content (AvgIpc) is 2.53. The highest BCUT2D eigenvalue weighted by molar-refractivity contribution is 5.47. The van der Waals surface area contributed by atoms with Crippen LogP contribution in [0.1, 0.15) is 16.7 Å². The first-order chi connectivity index (χ1) is 10.2. The molecule has 0 aliphatic heterocycles. The van der Waals surface area contributed by atoms with Crippen LogP contribution in [0.25, 0.3) is 0 Å². The van der Waals surface area contributed by atoms with Gasteiger partial charge in [0.1, 0.15) is 12.4 Å². The van der Waals surface area contributed by atoms with E-state index in [0.29, 0.717) is 22.6 Å². The van der Waals surface area contributed by atoms with Gasteiger partial charge < -0.3 is 9.47 Å². The second-order valence-corrected chi connectivity index (χ2v) is 4.18. The zero-order valence-corrected chi connectivity index (χ0v) is 11.3. The number of hydrogen-bond acceptors (Lipinski definition) is 4. The molecule has 2 aromatic carbocycles. The number of halogens is 1. The molecule has 5 heteroatoms. The summed E-state index contributed by atoms with van der Waals surface area (Å²) in [7, 11) is 1.47. The van der Waals surface area contributed by atoms with Gasteiger partial charge in [-0.2, -0.15) is 10.5 Å². The van der Waals surface area contributed by atoms with Crippen LogP contribution in [0.2, 0.25) is 0 Å². The molecule has 0 aliphatic rings. The zero-order valence-electron chi connectivity index (χ0n) is 11.3. The lowest BCUT2D eigenvalue weighted by Gasteiger charge is -2.11. The lowest BCUT2D eigenvalue weighted by molar-refractivity contribution is 0.284. The highest BCUT2D eigenvalue weighted by Gasteiger charge is 2.09. The van der Waals surface area contributed by atoms with Gasteiger partial charge in [0.2, 0.25) is 0 Å². The van der Waals surface area contributed by atoms with Gasteiger partial charge in [-0.1, -0.05) is 6.07 Å². The Balaban J connectivity index is 2.21. The first-order valence-electron chi connectivity index (χ1n) is 6.07. The number of hydrogen-bond donors (Lipinski definition) is 0. The summed E-state index contributed by atoms with van der Waals surface area (Å²) >= 11 is 0. The summed E-state index contributed by atoms with van der Waals surface area (Å²) in [6, 6.07) is 12.7. The van der Waals surface area contributed by atoms with Gasteiger partial charge >= 0.3 is 0 Å². The minimum atomic E-state index is -0.466. The van der Waals surface area contributed by atoms with Crippen molar-refractivity contribution in [2.24, 2.45) is 0 Å². The maximum absolute atomic E-state index is 13.1. The fraction of sp³-hybridized carbons (Fsp3) is 0.125. The summed E-state index contributed by atoms with van der Waals surface area (Å²) in [5.74, 6) is 0.408. The van der Waals surface area contributed by atoms with E-state index in [1.165, 1.54) is 19.2 Å². The molecule has 2 rings (SSSR count). The quantitative estimate of drug-likeness (QED) is 0.864. The van der Waals surface area contributed by atoms with E-state index in [-0.39, 0.29) is 12.2 Å². The van der Waals surface area contributed by atoms with Crippen LogP contribution in [-0.2, 0) is 6.61 Å². The second-order valence-electron chi connectivity index (χ2n) is 4.18. The number of rotatable bonds is 4. The van der Waals surface area contributed by atoms with Crippen molar-refractivity contribution in [1.82, 2.24) is 0 Å². The molecule has 0 heterocycles. The van der Waals surface area contributed by atoms with Crippen LogP contribution in [0.3, 0.4) is 0 Å². The molecule has 0 aromatic heterocycles. The fourth-order valence-corrected chi connectivity index (χ4v) is 1.79. The predicted octanol–water partition coefficient (Wildman–Crippen LogP) is 3.16. The van der Waals surface area contributed by atoms with E-state index >= 15 is 0 Å². The molecule has 4 nitrogen and oxygen atoms in total. The highest BCUT2D eigenvalue weighted by atomic mass is 19.1. The molecule has 0 bridgehead atoms. The van der Waals surface area contributed by atoms with Crippen molar-refractivity contribution in [1.29, 1.82) is 10.5 Å². The Labute approximate surface area is 121 Å². The highest BCUT2D eigenvalue weighted by Crippen LogP contribution is 2.28. The Morgan fingerprint density at radius 2 is 1.86 bits per heavy atom. The Morgan fingerprint density at radius 3 is 2.52 bits per heavy atom. The van der Waals surface area contributed by atoms with Gasteiger partial charge in [0, 0.05) is 11.6 Å². The van der Waals surface area contributed by atoms with Gasteiger partial charge in [-0.25, -0.2) is 4.39 Å². The summed E-state index contributed by atoms with van der Waals surface area (Å²) < 4.78 is 23.8. The summed E-state index contributed by atoms with van der Waals surface area (Å²) in [5.41, 5.74) is 1.26. The zero-order chi connectivity index (χ0) is 15.2. The smallest absolute Gasteiger partial charge is 0.162 e. The maximum atomic E-state index is 13.1. The SMILES string of the molecule is COc1cc(C#N)ccc1OCc1ccc(F)cc1C#N. The third-order valence-corrected chi connectivity index (χ3v) is 2.87. The van der Waals surface area contributed by atoms with Gasteiger partial charge in [0.05, 0.1) is 30.4 Å². The monoisotopic (exact) mass is 282 g/mol. The topological polar surface area (TPSA) is 66.0 Å². The Kier molecular flexibility index (Phi) is 4.38. The third kappa shape index (κ3) is 3.29. The molecule has 0 unspecified atom stereocenters. The molecule has 0 fully saturated rings. The van der Waals surface area contributed by atoms with Gasteiger partial charge in [-0.05, 0) is 24.3 Å². The van der Waals surface area contributed by atoms with Crippen LogP contribution in [0, 0.1) is 28.5 Å². The average molecular weight is 282 g/mol. The fourth-order valence-electron chi connectivity index (χ4n) is 1.79. The number of nitriles is 2. The van der Waals surface area contributed by atoms with Crippen LogP contribution >= 0.6 is 0 Å². The van der Waals surface area contributed by atoms with Crippen molar-refractivity contribution in [3.63, 3.8) is 0 Å². The van der Waals surface area contributed by atoms with E-state index in [4.69, 9.17) is 20.0 Å². The van der Waals surface area contributed by atoms with Crippen LogP contribution in [0.5, 0.6) is 11.5 Å². The molecule has 0 saturated heterocycles. The summed E-state index contributed by atoms with van der Waals surface area (Å²) in [4.78, 5) is 0. The molecule has 0 N–H and O–H groups in total. The Bertz CT molecular complexity index is 745. The van der Waals surface area contributed by atoms with E-state index in [1.807, 2.05) is 12.1 Å². The molecule has 0 spiro atoms. The second kappa shape index (κ2) is 6.40. The minimum absolute atomic E-state index is 0.103. The number of nitrogens with zero attached hydrogens (tertiary/aromatic N) is 2. The normalized spacial score (nSPS) is 9.52. The van der Waals surface area contributed by atoms with E-state index in [9.17, 15) is 4.39 Å². The first kappa shape index (κ1) is 14.4. The largest absolute Gasteiger partial charge is 0.493 e. The minimum Gasteiger partial charge on any atom is -0.493 e. The van der Waals surface area contributed by atoms with Gasteiger partial charge in [-0.3, -0.25) is 0 Å². The number of methoxy groups -OCH3 is 1. The van der Waals surface area contributed by atoms with Crippen LogP contribution in [0.15, 0.2) is 36.4 Å². The molecule has 0 saturated carbocycles. The summed E-state index contributed by atoms with van der Waals surface area (Å²) in [6.07, 6.45) is 0. The van der Waals surface area contributed by atoms with Crippen LogP contribution < -0.4 is 9.47 Å². The standard InChI is InChI=1S/C16H11FN2O2/c1-20-16-6-11(8-18)2-5-15(16)21-10-12-3-4-14(17)7-13(12)9-19/h2-7H,10H2,1H3. The number of benzene rings is 2. The van der Waals surface area contributed by atoms with E-state index in [0.717, 1.165) is 6.07 Å². The van der Waals surface area contributed by atoms with E-state index in [2.05, 4.69) is 0 Å². The van der Waals surface area contributed by atoms with Crippen LogP contribution in [0.4, 0.5) is 4.39 Å². The molecule has 0 atom stereocenters. The van der Waals surface area contributed by atoms with Crippen LogP contribution in [-0.4, -0.2) is 7.11 Å². The molecule has 0 amide bonds. The summed E-state index contributed by atoms with van der Waals surface area (Å²) in [5, 5.41) is 17.8. The van der Waals surface area contributed by atoms with Crippen molar-refractivity contribution in [3.05, 3.63) is 58.9 Å². The molecular formula is C16H11FN2O2. The molecule has 21 heavy (non-hydrogen) atoms. The van der Waals surface area contributed by atoms with Crippen molar-refractivity contribution in [3.8, 4) is 23.6 Å². The predicted molar refractivity (Wildman–Crippen MR) is 73.2 cm³/mol. The van der Waals surface area contributed by atoms with Crippen molar-refractivity contribution < 1.29 is 13.9 Å². The third-order valence-electron chi connectivity index (χ3n) is 2.87. The van der Waals surface area contributed by atoms with Gasteiger partial charge in [0.25, 0.3) is 0 Å². The molecule has 0 radical (unpaired) electrons. The number of ether oxygens (including phenoxy) is 2. The van der Waals surface area contributed by atoms with Gasteiger partial charge in [-0.15, -0.1) is 0 Å². The van der Waals surface area contributed by atoms with Gasteiger partial charge in [0.15, 0.2) is 11.5 Å². The molecule has 104 valence electrons. The van der Waals surface area contributed by atoms with E-state index in [1.54, 1.807) is 18.2 Å². The maximum Gasteiger partial charge on any atom is 0.162 e. The van der Waals surface area contributed by atoms with E-state index < -0.39 is 5.82 Å². The first-order valence-corrected chi connectivity index (χ1v) is 6.07. The lowest BCUT2D eigenvalue weighted by Crippen LogP contribution is -2.00. The van der Waals surface area contributed by atoms with Crippen molar-refractivity contribution >= 4 is 0 Å². The Hall–Kier alpha value is -3.05. The molecule has 2 aromatic rings. The Morgan fingerprint density at radius 1 is 1.05 bits per heavy atom. The lowest BCUT2D eigenvalue weighted by atomic mass is 10.1. The molecular weight excluding hydrogens is 271 g/mol. The molecule has 0 aliphatic carbocycles. The summed E-state index contributed by atoms with van der Waals surface area (Å²) in [6.45, 7) is 0.103. The van der Waals surface area contributed by atoms with Crippen molar-refractivity contribution in [2.45, 2.75) is 6.61 Å². The van der Waals surface area contributed by atoms with Crippen molar-refractivity contribution in [2.75, 3.05) is 7.11 Å².